The number of ether oxygens (including phenoxy) is 2. The molecule has 4 atom stereocenters. The number of unbranched alkanes of at least 4 members (excludes halogenated alkanes) is 12. The summed E-state index contributed by atoms with van der Waals surface area (Å²) in [5.41, 5.74) is 2.41. The van der Waals surface area contributed by atoms with Crippen molar-refractivity contribution in [1.82, 2.24) is 0 Å². The van der Waals surface area contributed by atoms with Crippen LogP contribution in [-0.2, 0) is 32.3 Å². The van der Waals surface area contributed by atoms with Gasteiger partial charge in [0.15, 0.2) is 0 Å². The van der Waals surface area contributed by atoms with Crippen molar-refractivity contribution in [2.45, 2.75) is 231 Å². The van der Waals surface area contributed by atoms with Crippen LogP contribution >= 0.6 is 0 Å². The number of hydrogen-bond donors (Lipinski definition) is 2. The van der Waals surface area contributed by atoms with E-state index < -0.39 is 11.9 Å². The maximum atomic E-state index is 10.5. The fraction of sp³-hybridized carbons (Fsp3) is 0.720. The van der Waals surface area contributed by atoms with Gasteiger partial charge in [0, 0.05) is 11.9 Å². The molecule has 0 radical (unpaired) electrons. The van der Waals surface area contributed by atoms with Crippen molar-refractivity contribution in [3.8, 4) is 0 Å². The smallest absolute Gasteiger partial charge is 0.550 e. The van der Waals surface area contributed by atoms with Gasteiger partial charge in [-0.1, -0.05) is 177 Å². The first-order chi connectivity index (χ1) is 28.2. The number of carboxylic acids is 2. The van der Waals surface area contributed by atoms with E-state index in [9.17, 15) is 30.0 Å². The van der Waals surface area contributed by atoms with Crippen molar-refractivity contribution >= 4 is 60.8 Å². The van der Waals surface area contributed by atoms with E-state index in [2.05, 4.69) is 38.1 Å². The molecular weight excluding hydrogens is 866 g/mol. The van der Waals surface area contributed by atoms with Crippen LogP contribution in [0.2, 0.25) is 0 Å². The zero-order chi connectivity index (χ0) is 42.3. The monoisotopic (exact) mass is 949 g/mol. The average Bonchev–Trinajstić information content (AvgIpc) is 3.21. The molecule has 0 spiro atoms. The van der Waals surface area contributed by atoms with Crippen LogP contribution in [0.3, 0.4) is 0 Å². The summed E-state index contributed by atoms with van der Waals surface area (Å²) in [5, 5.41) is 40.6. The van der Waals surface area contributed by atoms with E-state index in [1.165, 1.54) is 36.8 Å². The SMILES string of the molecule is CCCC(O)CCCCCCC(CCCCCCC(=O)[O-])OCc1ccccc1.CCCC(O)CCCCCCC(CCCCCCC(=O)[O-])OCc1ccccc1.[Ba+2]. The Morgan fingerprint density at radius 1 is 0.458 bits per heavy atom. The van der Waals surface area contributed by atoms with Crippen LogP contribution in [-0.4, -0.2) is 95.4 Å². The van der Waals surface area contributed by atoms with Gasteiger partial charge in [-0.2, -0.15) is 0 Å². The molecule has 0 aliphatic heterocycles. The summed E-state index contributed by atoms with van der Waals surface area (Å²) in [6.07, 6.45) is 27.4. The molecule has 0 heterocycles. The van der Waals surface area contributed by atoms with Crippen LogP contribution < -0.4 is 10.2 Å². The second-order valence-electron chi connectivity index (χ2n) is 16.4. The van der Waals surface area contributed by atoms with Crippen molar-refractivity contribution in [2.75, 3.05) is 0 Å². The zero-order valence-corrected chi connectivity index (χ0v) is 41.8. The topological polar surface area (TPSA) is 139 Å². The molecule has 4 unspecified atom stereocenters. The molecule has 2 aromatic carbocycles. The fourth-order valence-corrected chi connectivity index (χ4v) is 7.35. The van der Waals surface area contributed by atoms with E-state index in [1.54, 1.807) is 0 Å². The van der Waals surface area contributed by atoms with E-state index in [0.717, 1.165) is 128 Å². The summed E-state index contributed by atoms with van der Waals surface area (Å²) in [6.45, 7) is 5.53. The van der Waals surface area contributed by atoms with Gasteiger partial charge in [0.25, 0.3) is 0 Å². The van der Waals surface area contributed by atoms with Gasteiger partial charge in [-0.3, -0.25) is 0 Å². The minimum absolute atomic E-state index is 0. The second kappa shape index (κ2) is 42.1. The van der Waals surface area contributed by atoms with Gasteiger partial charge in [-0.15, -0.1) is 0 Å². The fourth-order valence-electron chi connectivity index (χ4n) is 7.35. The quantitative estimate of drug-likeness (QED) is 0.0501. The van der Waals surface area contributed by atoms with Crippen molar-refractivity contribution in [3.05, 3.63) is 71.8 Å². The molecule has 0 bridgehead atoms. The van der Waals surface area contributed by atoms with E-state index in [1.807, 2.05) is 36.4 Å². The van der Waals surface area contributed by atoms with Crippen LogP contribution in [0.5, 0.6) is 0 Å². The van der Waals surface area contributed by atoms with Gasteiger partial charge in [0.05, 0.1) is 37.6 Å². The third-order valence-corrected chi connectivity index (χ3v) is 10.8. The Kier molecular flexibility index (Phi) is 41.2. The standard InChI is InChI=1S/2C25H42O4.Ba/c2*1-2-14-23(26)17-10-3-4-11-18-24(19-12-5-6-13-20-25(27)28)29-21-22-15-8-7-9-16-22;/h2*7-9,15-16,23-24,26H,2-6,10-14,17-21H2,1H3,(H,27,28);/q;;+2/p-2. The number of carbonyl (C=O) groups is 2. The van der Waals surface area contributed by atoms with E-state index in [0.29, 0.717) is 26.1 Å². The van der Waals surface area contributed by atoms with Crippen LogP contribution in [0.15, 0.2) is 60.7 Å². The van der Waals surface area contributed by atoms with Crippen LogP contribution in [0.1, 0.15) is 205 Å². The van der Waals surface area contributed by atoms with Crippen molar-refractivity contribution < 1.29 is 39.5 Å². The molecule has 59 heavy (non-hydrogen) atoms. The molecule has 0 saturated heterocycles. The first-order valence-electron chi connectivity index (χ1n) is 23.3. The van der Waals surface area contributed by atoms with Gasteiger partial charge >= 0.3 is 48.9 Å². The Morgan fingerprint density at radius 2 is 0.746 bits per heavy atom. The normalized spacial score (nSPS) is 13.1. The van der Waals surface area contributed by atoms with Crippen molar-refractivity contribution in [3.63, 3.8) is 0 Å². The maximum Gasteiger partial charge on any atom is 2.00 e. The molecule has 0 aromatic heterocycles. The molecule has 2 N–H and O–H groups in total. The maximum absolute atomic E-state index is 10.5. The molecule has 0 saturated carbocycles. The number of aliphatic hydroxyl groups is 2. The Morgan fingerprint density at radius 3 is 1.03 bits per heavy atom. The minimum atomic E-state index is -0.948. The van der Waals surface area contributed by atoms with Crippen LogP contribution in [0, 0.1) is 0 Å². The molecular formula is C50H82BaO8. The van der Waals surface area contributed by atoms with Crippen molar-refractivity contribution in [1.29, 1.82) is 0 Å². The molecule has 2 rings (SSSR count). The van der Waals surface area contributed by atoms with Crippen molar-refractivity contribution in [2.24, 2.45) is 0 Å². The molecule has 0 amide bonds. The predicted octanol–water partition coefficient (Wildman–Crippen LogP) is 9.95. The number of aliphatic hydroxyl groups excluding tert-OH is 2. The Balaban J connectivity index is 0.00000112. The van der Waals surface area contributed by atoms with E-state index >= 15 is 0 Å². The Bertz CT molecular complexity index is 1110. The summed E-state index contributed by atoms with van der Waals surface area (Å²) < 4.78 is 12.4. The van der Waals surface area contributed by atoms with Gasteiger partial charge < -0.3 is 39.5 Å². The summed E-state index contributed by atoms with van der Waals surface area (Å²) >= 11 is 0. The van der Waals surface area contributed by atoms with Gasteiger partial charge in [0.1, 0.15) is 0 Å². The number of aliphatic carboxylic acids is 2. The molecule has 332 valence electrons. The van der Waals surface area contributed by atoms with E-state index in [4.69, 9.17) is 9.47 Å². The Labute approximate surface area is 400 Å². The molecule has 2 aromatic rings. The Hall–Kier alpha value is -1.21. The van der Waals surface area contributed by atoms with Crippen LogP contribution in [0.4, 0.5) is 0 Å². The number of rotatable bonds is 38. The third-order valence-electron chi connectivity index (χ3n) is 10.8. The molecule has 8 nitrogen and oxygen atoms in total. The zero-order valence-electron chi connectivity index (χ0n) is 37.3. The van der Waals surface area contributed by atoms with E-state index in [-0.39, 0.29) is 86.1 Å². The second-order valence-corrected chi connectivity index (χ2v) is 16.4. The summed E-state index contributed by atoms with van der Waals surface area (Å²) in [6, 6.07) is 20.6. The van der Waals surface area contributed by atoms with Crippen LogP contribution in [0.25, 0.3) is 0 Å². The predicted molar refractivity (Wildman–Crippen MR) is 238 cm³/mol. The molecule has 9 heteroatoms. The first kappa shape index (κ1) is 57.8. The molecule has 0 aliphatic rings. The van der Waals surface area contributed by atoms with Gasteiger partial charge in [-0.05, 0) is 88.2 Å². The number of hydrogen-bond acceptors (Lipinski definition) is 8. The minimum Gasteiger partial charge on any atom is -0.550 e. The largest absolute Gasteiger partial charge is 2.00 e. The number of benzene rings is 2. The number of carboxylic acid groups (broad SMARTS) is 2. The number of carbonyl (C=O) groups excluding carboxylic acids is 2. The van der Waals surface area contributed by atoms with Gasteiger partial charge in [0.2, 0.25) is 0 Å². The summed E-state index contributed by atoms with van der Waals surface area (Å²) in [5.74, 6) is -1.90. The average molecular weight is 949 g/mol. The van der Waals surface area contributed by atoms with Gasteiger partial charge in [-0.25, -0.2) is 0 Å². The third kappa shape index (κ3) is 38.2. The molecule has 0 aliphatic carbocycles. The summed E-state index contributed by atoms with van der Waals surface area (Å²) in [7, 11) is 0. The first-order valence-corrected chi connectivity index (χ1v) is 23.3. The summed E-state index contributed by atoms with van der Waals surface area (Å²) in [4.78, 5) is 21.0. The molecule has 0 fully saturated rings.